The molecule has 2 aromatic rings. The standard InChI is InChI=1S/C11H11N5O2S2/c1-16-11(19-2)13-10(14-16)15-20(17,18)9-5-3-8(7-12)4-6-9/h3-6H,1-2H3,(H,14,15). The number of nitrogens with zero attached hydrogens (tertiary/aromatic N) is 4. The third-order valence-electron chi connectivity index (χ3n) is 2.43. The summed E-state index contributed by atoms with van der Waals surface area (Å²) in [7, 11) is -2.08. The Kier molecular flexibility index (Phi) is 3.96. The van der Waals surface area contributed by atoms with Gasteiger partial charge in [0.15, 0.2) is 5.16 Å². The van der Waals surface area contributed by atoms with Crippen molar-refractivity contribution in [1.82, 2.24) is 14.8 Å². The van der Waals surface area contributed by atoms with Gasteiger partial charge in [-0.05, 0) is 30.5 Å². The van der Waals surface area contributed by atoms with Crippen molar-refractivity contribution in [2.75, 3.05) is 11.0 Å². The molecule has 0 atom stereocenters. The van der Waals surface area contributed by atoms with Crippen LogP contribution in [0.5, 0.6) is 0 Å². The Balaban J connectivity index is 2.28. The molecule has 0 aliphatic rings. The van der Waals surface area contributed by atoms with E-state index >= 15 is 0 Å². The second kappa shape index (κ2) is 5.52. The van der Waals surface area contributed by atoms with E-state index in [1.54, 1.807) is 7.05 Å². The highest BCUT2D eigenvalue weighted by Crippen LogP contribution is 2.17. The largest absolute Gasteiger partial charge is 0.264 e. The molecule has 2 rings (SSSR count). The van der Waals surface area contributed by atoms with Crippen LogP contribution in [0, 0.1) is 11.3 Å². The van der Waals surface area contributed by atoms with E-state index in [2.05, 4.69) is 14.8 Å². The van der Waals surface area contributed by atoms with E-state index in [9.17, 15) is 8.42 Å². The molecule has 7 nitrogen and oxygen atoms in total. The van der Waals surface area contributed by atoms with E-state index in [0.717, 1.165) is 0 Å². The second-order valence-corrected chi connectivity index (χ2v) is 6.24. The number of anilines is 1. The van der Waals surface area contributed by atoms with Crippen molar-refractivity contribution >= 4 is 27.7 Å². The molecule has 0 bridgehead atoms. The maximum Gasteiger partial charge on any atom is 0.264 e. The first-order valence-corrected chi connectivity index (χ1v) is 8.15. The van der Waals surface area contributed by atoms with Gasteiger partial charge in [0.05, 0.1) is 16.5 Å². The molecule has 0 amide bonds. The number of nitriles is 1. The third-order valence-corrected chi connectivity index (χ3v) is 4.49. The predicted octanol–water partition coefficient (Wildman–Crippen LogP) is 1.21. The number of benzene rings is 1. The number of nitrogens with one attached hydrogen (secondary N) is 1. The van der Waals surface area contributed by atoms with Crippen LogP contribution in [0.15, 0.2) is 34.3 Å². The smallest absolute Gasteiger partial charge is 0.246 e. The van der Waals surface area contributed by atoms with Crippen LogP contribution < -0.4 is 4.72 Å². The molecule has 1 N–H and O–H groups in total. The van der Waals surface area contributed by atoms with Gasteiger partial charge in [-0.1, -0.05) is 11.8 Å². The average Bonchev–Trinajstić information content (AvgIpc) is 2.78. The minimum Gasteiger partial charge on any atom is -0.246 e. The summed E-state index contributed by atoms with van der Waals surface area (Å²) in [5.41, 5.74) is 0.393. The first-order chi connectivity index (χ1) is 9.46. The molecular weight excluding hydrogens is 298 g/mol. The zero-order valence-corrected chi connectivity index (χ0v) is 12.4. The van der Waals surface area contributed by atoms with Crippen molar-refractivity contribution in [1.29, 1.82) is 5.26 Å². The molecule has 0 radical (unpaired) electrons. The lowest BCUT2D eigenvalue weighted by Crippen LogP contribution is -2.14. The van der Waals surface area contributed by atoms with Gasteiger partial charge in [0.1, 0.15) is 0 Å². The van der Waals surface area contributed by atoms with Crippen LogP contribution in [0.3, 0.4) is 0 Å². The fourth-order valence-corrected chi connectivity index (χ4v) is 2.90. The minimum absolute atomic E-state index is 0.0150. The maximum atomic E-state index is 12.1. The Bertz CT molecular complexity index is 759. The fraction of sp³-hybridized carbons (Fsp3) is 0.182. The van der Waals surface area contributed by atoms with Gasteiger partial charge in [-0.15, -0.1) is 5.10 Å². The molecule has 0 saturated carbocycles. The molecule has 1 aromatic carbocycles. The van der Waals surface area contributed by atoms with Crippen LogP contribution in [-0.2, 0) is 17.1 Å². The molecule has 0 spiro atoms. The molecule has 0 aliphatic heterocycles. The van der Waals surface area contributed by atoms with Crippen molar-refractivity contribution in [3.8, 4) is 6.07 Å². The Labute approximate surface area is 120 Å². The number of rotatable bonds is 4. The van der Waals surface area contributed by atoms with E-state index in [1.165, 1.54) is 40.7 Å². The first-order valence-electron chi connectivity index (χ1n) is 5.44. The van der Waals surface area contributed by atoms with Crippen LogP contribution in [0.25, 0.3) is 0 Å². The fourth-order valence-electron chi connectivity index (χ4n) is 1.48. The van der Waals surface area contributed by atoms with Crippen LogP contribution in [-0.4, -0.2) is 29.4 Å². The highest BCUT2D eigenvalue weighted by Gasteiger charge is 2.17. The molecule has 0 aliphatic carbocycles. The Morgan fingerprint density at radius 2 is 2.00 bits per heavy atom. The number of hydrogen-bond donors (Lipinski definition) is 1. The third kappa shape index (κ3) is 2.92. The van der Waals surface area contributed by atoms with Gasteiger partial charge in [-0.3, -0.25) is 0 Å². The molecule has 0 unspecified atom stereocenters. The molecule has 1 aromatic heterocycles. The highest BCUT2D eigenvalue weighted by molar-refractivity contribution is 7.98. The summed E-state index contributed by atoms with van der Waals surface area (Å²) in [6.07, 6.45) is 1.82. The summed E-state index contributed by atoms with van der Waals surface area (Å²) >= 11 is 1.36. The molecule has 104 valence electrons. The lowest BCUT2D eigenvalue weighted by Gasteiger charge is -2.03. The van der Waals surface area contributed by atoms with Crippen LogP contribution in [0.4, 0.5) is 5.95 Å². The van der Waals surface area contributed by atoms with Gasteiger partial charge < -0.3 is 0 Å². The Morgan fingerprint density at radius 1 is 1.35 bits per heavy atom. The monoisotopic (exact) mass is 309 g/mol. The van der Waals surface area contributed by atoms with Crippen molar-refractivity contribution in [3.63, 3.8) is 0 Å². The molecule has 0 saturated heterocycles. The van der Waals surface area contributed by atoms with Gasteiger partial charge >= 0.3 is 0 Å². The van der Waals surface area contributed by atoms with Crippen molar-refractivity contribution in [2.45, 2.75) is 10.1 Å². The second-order valence-electron chi connectivity index (χ2n) is 3.79. The van der Waals surface area contributed by atoms with Gasteiger partial charge in [0.2, 0.25) is 0 Å². The molecule has 20 heavy (non-hydrogen) atoms. The first kappa shape index (κ1) is 14.4. The van der Waals surface area contributed by atoms with Gasteiger partial charge in [0.25, 0.3) is 16.0 Å². The summed E-state index contributed by atoms with van der Waals surface area (Å²) in [6, 6.07) is 7.53. The van der Waals surface area contributed by atoms with E-state index in [-0.39, 0.29) is 10.8 Å². The van der Waals surface area contributed by atoms with Crippen LogP contribution in [0.1, 0.15) is 5.56 Å². The molecular formula is C11H11N5O2S2. The number of thioether (sulfide) groups is 1. The number of sulfonamides is 1. The lowest BCUT2D eigenvalue weighted by atomic mass is 10.2. The quantitative estimate of drug-likeness (QED) is 0.852. The van der Waals surface area contributed by atoms with Crippen molar-refractivity contribution in [2.24, 2.45) is 7.05 Å². The van der Waals surface area contributed by atoms with E-state index in [0.29, 0.717) is 10.7 Å². The zero-order valence-electron chi connectivity index (χ0n) is 10.7. The van der Waals surface area contributed by atoms with Gasteiger partial charge in [-0.25, -0.2) is 17.8 Å². The van der Waals surface area contributed by atoms with Gasteiger partial charge in [0, 0.05) is 7.05 Å². The van der Waals surface area contributed by atoms with Crippen molar-refractivity contribution < 1.29 is 8.42 Å². The number of aromatic nitrogens is 3. The van der Waals surface area contributed by atoms with E-state index < -0.39 is 10.0 Å². The summed E-state index contributed by atoms with van der Waals surface area (Å²) in [5, 5.41) is 13.3. The van der Waals surface area contributed by atoms with Crippen molar-refractivity contribution in [3.05, 3.63) is 29.8 Å². The predicted molar refractivity (Wildman–Crippen MR) is 74.7 cm³/mol. The molecule has 0 fully saturated rings. The van der Waals surface area contributed by atoms with E-state index in [1.807, 2.05) is 12.3 Å². The van der Waals surface area contributed by atoms with E-state index in [4.69, 9.17) is 5.26 Å². The maximum absolute atomic E-state index is 12.1. The summed E-state index contributed by atoms with van der Waals surface area (Å²) < 4.78 is 28.0. The summed E-state index contributed by atoms with van der Waals surface area (Å²) in [6.45, 7) is 0. The topological polar surface area (TPSA) is 101 Å². The van der Waals surface area contributed by atoms with Crippen LogP contribution >= 0.6 is 11.8 Å². The van der Waals surface area contributed by atoms with Gasteiger partial charge in [-0.2, -0.15) is 10.2 Å². The zero-order chi connectivity index (χ0) is 14.8. The van der Waals surface area contributed by atoms with Crippen LogP contribution in [0.2, 0.25) is 0 Å². The average molecular weight is 309 g/mol. The molecule has 1 heterocycles. The molecule has 9 heteroatoms. The SMILES string of the molecule is CSc1nc(NS(=O)(=O)c2ccc(C#N)cc2)nn1C. The normalized spacial score (nSPS) is 11.1. The Morgan fingerprint density at radius 3 is 2.50 bits per heavy atom. The summed E-state index contributed by atoms with van der Waals surface area (Å²) in [4.78, 5) is 4.10. The number of hydrogen-bond acceptors (Lipinski definition) is 6. The minimum atomic E-state index is -3.76. The lowest BCUT2D eigenvalue weighted by molar-refractivity contribution is 0.600. The summed E-state index contributed by atoms with van der Waals surface area (Å²) in [5.74, 6) is 0.0150. The Hall–Kier alpha value is -2.05. The number of aryl methyl sites for hydroxylation is 1. The highest BCUT2D eigenvalue weighted by atomic mass is 32.2.